The Balaban J connectivity index is 1.19. The number of benzene rings is 6. The molecule has 0 aliphatic carbocycles. The molecule has 0 amide bonds. The van der Waals surface area contributed by atoms with Crippen molar-refractivity contribution < 1.29 is 4.42 Å². The molecule has 1 N–H and O–H groups in total. The first-order valence-corrected chi connectivity index (χ1v) is 15.0. The lowest BCUT2D eigenvalue weighted by Gasteiger charge is -2.23. The molecule has 0 radical (unpaired) electrons. The van der Waals surface area contributed by atoms with E-state index in [0.717, 1.165) is 77.1 Å². The molecule has 2 aromatic heterocycles. The number of amidine groups is 2. The van der Waals surface area contributed by atoms with Crippen molar-refractivity contribution in [3.05, 3.63) is 163 Å². The highest BCUT2D eigenvalue weighted by Crippen LogP contribution is 2.40. The SMILES string of the molecule is c1ccc(C2=NC(c3ccc4c(-c5cccc6oc7cc8cnccc8cc7c56)cccc4c3)=NC(c3ccccc3)N2)cc1. The zero-order valence-corrected chi connectivity index (χ0v) is 24.2. The Kier molecular flexibility index (Phi) is 5.81. The van der Waals surface area contributed by atoms with Gasteiger partial charge in [0.25, 0.3) is 0 Å². The van der Waals surface area contributed by atoms with Gasteiger partial charge in [-0.15, -0.1) is 0 Å². The third kappa shape index (κ3) is 4.36. The van der Waals surface area contributed by atoms with E-state index in [0.29, 0.717) is 5.84 Å². The summed E-state index contributed by atoms with van der Waals surface area (Å²) in [4.78, 5) is 14.4. The van der Waals surface area contributed by atoms with Crippen LogP contribution in [0.25, 0.3) is 54.6 Å². The maximum absolute atomic E-state index is 6.36. The van der Waals surface area contributed by atoms with Crippen molar-refractivity contribution in [1.82, 2.24) is 10.3 Å². The van der Waals surface area contributed by atoms with Crippen molar-refractivity contribution in [2.75, 3.05) is 0 Å². The summed E-state index contributed by atoms with van der Waals surface area (Å²) in [7, 11) is 0. The molecule has 45 heavy (non-hydrogen) atoms. The van der Waals surface area contributed by atoms with E-state index in [4.69, 9.17) is 14.4 Å². The standard InChI is InChI=1S/C40H26N4O/c1-3-9-25(10-4-1)38-42-39(26-11-5-2-6-12-26)44-40(43-38)29-17-18-31-28(21-29)13-7-14-32(31)33-15-8-16-35-37(33)34-22-27-19-20-41-24-30(27)23-36(34)45-35/h1-24,38H,(H,42,43,44). The summed E-state index contributed by atoms with van der Waals surface area (Å²) >= 11 is 0. The molecule has 8 aromatic rings. The highest BCUT2D eigenvalue weighted by Gasteiger charge is 2.21. The molecule has 1 atom stereocenters. The number of furan rings is 1. The van der Waals surface area contributed by atoms with Gasteiger partial charge in [0.05, 0.1) is 0 Å². The summed E-state index contributed by atoms with van der Waals surface area (Å²) < 4.78 is 6.36. The largest absolute Gasteiger partial charge is 0.456 e. The predicted molar refractivity (Wildman–Crippen MR) is 184 cm³/mol. The van der Waals surface area contributed by atoms with E-state index in [-0.39, 0.29) is 6.17 Å². The van der Waals surface area contributed by atoms with E-state index in [1.807, 2.05) is 60.9 Å². The van der Waals surface area contributed by atoms with Crippen LogP contribution in [0.1, 0.15) is 22.9 Å². The number of fused-ring (bicyclic) bond motifs is 5. The highest BCUT2D eigenvalue weighted by atomic mass is 16.3. The lowest BCUT2D eigenvalue weighted by Crippen LogP contribution is -2.33. The van der Waals surface area contributed by atoms with Crippen LogP contribution in [0.3, 0.4) is 0 Å². The minimum absolute atomic E-state index is 0.241. The van der Waals surface area contributed by atoms with Gasteiger partial charge in [0.2, 0.25) is 0 Å². The third-order valence-corrected chi connectivity index (χ3v) is 8.59. The van der Waals surface area contributed by atoms with Gasteiger partial charge in [-0.25, -0.2) is 9.98 Å². The van der Waals surface area contributed by atoms with Crippen LogP contribution in [-0.2, 0) is 0 Å². The van der Waals surface area contributed by atoms with Crippen LogP contribution in [0.5, 0.6) is 0 Å². The van der Waals surface area contributed by atoms with E-state index in [1.54, 1.807) is 0 Å². The number of aliphatic imine (C=N–C) groups is 2. The Morgan fingerprint density at radius 2 is 1.40 bits per heavy atom. The number of pyridine rings is 1. The smallest absolute Gasteiger partial charge is 0.159 e. The van der Waals surface area contributed by atoms with E-state index in [1.165, 1.54) is 0 Å². The Hall–Kier alpha value is -6.07. The van der Waals surface area contributed by atoms with Gasteiger partial charge in [-0.1, -0.05) is 103 Å². The maximum Gasteiger partial charge on any atom is 0.159 e. The normalized spacial score (nSPS) is 14.9. The van der Waals surface area contributed by atoms with Gasteiger partial charge in [0.15, 0.2) is 5.84 Å². The number of nitrogens with one attached hydrogen (secondary N) is 1. The van der Waals surface area contributed by atoms with E-state index >= 15 is 0 Å². The van der Waals surface area contributed by atoms with Crippen LogP contribution in [0, 0.1) is 0 Å². The molecule has 1 unspecified atom stereocenters. The van der Waals surface area contributed by atoms with Gasteiger partial charge in [0, 0.05) is 39.7 Å². The number of hydrogen-bond donors (Lipinski definition) is 1. The Morgan fingerprint density at radius 3 is 2.29 bits per heavy atom. The van der Waals surface area contributed by atoms with Crippen LogP contribution >= 0.6 is 0 Å². The molecule has 0 bridgehead atoms. The fourth-order valence-corrected chi connectivity index (χ4v) is 6.42. The van der Waals surface area contributed by atoms with E-state index in [2.05, 4.69) is 95.2 Å². The van der Waals surface area contributed by atoms with Crippen molar-refractivity contribution in [2.24, 2.45) is 9.98 Å². The van der Waals surface area contributed by atoms with Gasteiger partial charge in [-0.05, 0) is 63.2 Å². The highest BCUT2D eigenvalue weighted by molar-refractivity contribution is 6.18. The van der Waals surface area contributed by atoms with Crippen molar-refractivity contribution in [3.8, 4) is 11.1 Å². The number of hydrogen-bond acceptors (Lipinski definition) is 5. The monoisotopic (exact) mass is 578 g/mol. The Bertz CT molecular complexity index is 2460. The molecule has 6 aromatic carbocycles. The second-order valence-corrected chi connectivity index (χ2v) is 11.3. The first kappa shape index (κ1) is 25.4. The van der Waals surface area contributed by atoms with Gasteiger partial charge in [-0.2, -0.15) is 0 Å². The number of aromatic nitrogens is 1. The zero-order chi connectivity index (χ0) is 29.7. The minimum atomic E-state index is -0.241. The summed E-state index contributed by atoms with van der Waals surface area (Å²) in [6, 6.07) is 46.2. The first-order valence-electron chi connectivity index (χ1n) is 15.0. The van der Waals surface area contributed by atoms with Crippen LogP contribution in [-0.4, -0.2) is 16.7 Å². The minimum Gasteiger partial charge on any atom is -0.456 e. The molecule has 0 saturated carbocycles. The topological polar surface area (TPSA) is 62.8 Å². The van der Waals surface area contributed by atoms with Gasteiger partial charge in [0.1, 0.15) is 23.2 Å². The van der Waals surface area contributed by atoms with Crippen molar-refractivity contribution in [2.45, 2.75) is 6.17 Å². The molecule has 0 spiro atoms. The summed E-state index contributed by atoms with van der Waals surface area (Å²) in [5.41, 5.74) is 7.13. The summed E-state index contributed by atoms with van der Waals surface area (Å²) in [6.07, 6.45) is 3.48. The molecule has 212 valence electrons. The molecular weight excluding hydrogens is 552 g/mol. The average Bonchev–Trinajstić information content (AvgIpc) is 3.48. The van der Waals surface area contributed by atoms with Gasteiger partial charge >= 0.3 is 0 Å². The lowest BCUT2D eigenvalue weighted by molar-refractivity contribution is 0.669. The average molecular weight is 579 g/mol. The zero-order valence-electron chi connectivity index (χ0n) is 24.2. The molecule has 1 aliphatic rings. The Labute approximate surface area is 259 Å². The summed E-state index contributed by atoms with van der Waals surface area (Å²) in [6.45, 7) is 0. The van der Waals surface area contributed by atoms with Gasteiger partial charge < -0.3 is 9.73 Å². The number of rotatable bonds is 4. The molecule has 0 saturated heterocycles. The van der Waals surface area contributed by atoms with Crippen molar-refractivity contribution in [3.63, 3.8) is 0 Å². The van der Waals surface area contributed by atoms with Gasteiger partial charge in [-0.3, -0.25) is 4.98 Å². The molecule has 5 nitrogen and oxygen atoms in total. The molecular formula is C40H26N4O. The molecule has 1 aliphatic heterocycles. The fourth-order valence-electron chi connectivity index (χ4n) is 6.42. The lowest BCUT2D eigenvalue weighted by atomic mass is 9.93. The van der Waals surface area contributed by atoms with Crippen LogP contribution in [0.15, 0.2) is 160 Å². The van der Waals surface area contributed by atoms with Crippen LogP contribution in [0.2, 0.25) is 0 Å². The molecule has 0 fully saturated rings. The maximum atomic E-state index is 6.36. The molecule has 3 heterocycles. The summed E-state index contributed by atoms with van der Waals surface area (Å²) in [5, 5.41) is 10.3. The number of nitrogens with zero attached hydrogens (tertiary/aromatic N) is 3. The predicted octanol–water partition coefficient (Wildman–Crippen LogP) is 9.45. The molecule has 9 rings (SSSR count). The second-order valence-electron chi connectivity index (χ2n) is 11.3. The van der Waals surface area contributed by atoms with E-state index in [9.17, 15) is 0 Å². The van der Waals surface area contributed by atoms with Crippen molar-refractivity contribution >= 4 is 55.2 Å². The summed E-state index contributed by atoms with van der Waals surface area (Å²) in [5.74, 6) is 1.52. The Morgan fingerprint density at radius 1 is 0.578 bits per heavy atom. The molecule has 5 heteroatoms. The first-order chi connectivity index (χ1) is 22.3. The van der Waals surface area contributed by atoms with Crippen LogP contribution in [0.4, 0.5) is 0 Å². The van der Waals surface area contributed by atoms with Crippen LogP contribution < -0.4 is 5.32 Å². The van der Waals surface area contributed by atoms with Crippen molar-refractivity contribution in [1.29, 1.82) is 0 Å². The second kappa shape index (κ2) is 10.3. The van der Waals surface area contributed by atoms with E-state index < -0.39 is 0 Å². The third-order valence-electron chi connectivity index (χ3n) is 8.59. The fraction of sp³-hybridized carbons (Fsp3) is 0.0250. The quantitative estimate of drug-likeness (QED) is 0.226.